The van der Waals surface area contributed by atoms with E-state index in [0.717, 1.165) is 30.8 Å². The topological polar surface area (TPSA) is 41.6 Å². The number of carbonyl (C=O) groups is 1. The molecule has 132 valence electrons. The number of hydrogen-bond donors (Lipinski definition) is 1. The molecule has 2 aliphatic heterocycles. The van der Waals surface area contributed by atoms with Gasteiger partial charge in [-0.3, -0.25) is 9.69 Å². The molecule has 1 aromatic rings. The molecule has 0 radical (unpaired) electrons. The molecule has 0 aliphatic carbocycles. The number of carbonyl (C=O) groups excluding carboxylic acids is 1. The lowest BCUT2D eigenvalue weighted by atomic mass is 9.95. The van der Waals surface area contributed by atoms with Crippen LogP contribution in [0.2, 0.25) is 0 Å². The molecule has 0 aromatic heterocycles. The van der Waals surface area contributed by atoms with E-state index in [1.54, 1.807) is 0 Å². The summed E-state index contributed by atoms with van der Waals surface area (Å²) in [6.45, 7) is 5.85. The van der Waals surface area contributed by atoms with E-state index in [0.29, 0.717) is 12.6 Å². The smallest absolute Gasteiger partial charge is 0.226 e. The van der Waals surface area contributed by atoms with Gasteiger partial charge in [0.2, 0.25) is 5.91 Å². The molecule has 0 bridgehead atoms. The monoisotopic (exact) mass is 330 g/mol. The van der Waals surface area contributed by atoms with Crippen LogP contribution in [0.5, 0.6) is 5.75 Å². The van der Waals surface area contributed by atoms with Gasteiger partial charge in [-0.15, -0.1) is 0 Å². The first kappa shape index (κ1) is 17.3. The molecule has 4 nitrogen and oxygen atoms in total. The molecular weight excluding hydrogens is 300 g/mol. The molecule has 1 fully saturated rings. The summed E-state index contributed by atoms with van der Waals surface area (Å²) in [5.74, 6) is 1.01. The Balaban J connectivity index is 1.50. The Labute approximate surface area is 145 Å². The van der Waals surface area contributed by atoms with Gasteiger partial charge in [0.15, 0.2) is 0 Å². The van der Waals surface area contributed by atoms with Crippen molar-refractivity contribution in [3.05, 3.63) is 29.8 Å². The Morgan fingerprint density at radius 1 is 1.33 bits per heavy atom. The highest BCUT2D eigenvalue weighted by Crippen LogP contribution is 2.27. The van der Waals surface area contributed by atoms with Crippen molar-refractivity contribution in [1.82, 2.24) is 10.2 Å². The van der Waals surface area contributed by atoms with Crippen LogP contribution in [-0.4, -0.2) is 43.1 Å². The lowest BCUT2D eigenvalue weighted by Crippen LogP contribution is -2.48. The number of amides is 1. The van der Waals surface area contributed by atoms with E-state index in [-0.39, 0.29) is 11.8 Å². The quantitative estimate of drug-likeness (QED) is 0.872. The van der Waals surface area contributed by atoms with Gasteiger partial charge in [0.1, 0.15) is 12.4 Å². The van der Waals surface area contributed by atoms with E-state index < -0.39 is 0 Å². The van der Waals surface area contributed by atoms with Gasteiger partial charge in [-0.1, -0.05) is 38.0 Å². The summed E-state index contributed by atoms with van der Waals surface area (Å²) in [5, 5.41) is 3.20. The number of fused-ring (bicyclic) bond motifs is 1. The molecule has 24 heavy (non-hydrogen) atoms. The van der Waals surface area contributed by atoms with Crippen LogP contribution in [0.15, 0.2) is 24.3 Å². The lowest BCUT2D eigenvalue weighted by molar-refractivity contribution is -0.126. The number of unbranched alkanes of at least 4 members (excludes halogenated alkanes) is 1. The van der Waals surface area contributed by atoms with Crippen molar-refractivity contribution in [2.45, 2.75) is 51.5 Å². The fourth-order valence-electron chi connectivity index (χ4n) is 3.81. The molecule has 2 aliphatic rings. The zero-order valence-electron chi connectivity index (χ0n) is 14.8. The molecule has 4 heteroatoms. The maximum atomic E-state index is 12.6. The van der Waals surface area contributed by atoms with Crippen molar-refractivity contribution < 1.29 is 9.53 Å². The van der Waals surface area contributed by atoms with Gasteiger partial charge in [0.25, 0.3) is 0 Å². The lowest BCUT2D eigenvalue weighted by Gasteiger charge is -2.36. The van der Waals surface area contributed by atoms with Crippen molar-refractivity contribution in [2.24, 2.45) is 5.92 Å². The molecule has 2 unspecified atom stereocenters. The second kappa shape index (κ2) is 8.52. The zero-order chi connectivity index (χ0) is 16.8. The van der Waals surface area contributed by atoms with Crippen molar-refractivity contribution in [2.75, 3.05) is 26.2 Å². The Hall–Kier alpha value is -1.55. The summed E-state index contributed by atoms with van der Waals surface area (Å²) < 4.78 is 5.75. The fraction of sp³-hybridized carbons (Fsp3) is 0.650. The number of nitrogens with one attached hydrogen (secondary N) is 1. The molecule has 3 rings (SSSR count). The van der Waals surface area contributed by atoms with Crippen molar-refractivity contribution >= 4 is 5.91 Å². The second-order valence-corrected chi connectivity index (χ2v) is 7.10. The number of hydrogen-bond acceptors (Lipinski definition) is 3. The van der Waals surface area contributed by atoms with Crippen LogP contribution in [0.4, 0.5) is 0 Å². The summed E-state index contributed by atoms with van der Waals surface area (Å²) in [4.78, 5) is 15.1. The van der Waals surface area contributed by atoms with Crippen LogP contribution >= 0.6 is 0 Å². The van der Waals surface area contributed by atoms with Crippen LogP contribution in [0, 0.1) is 5.92 Å². The van der Waals surface area contributed by atoms with Gasteiger partial charge in [0.05, 0.1) is 5.92 Å². The maximum absolute atomic E-state index is 12.6. The molecule has 0 saturated carbocycles. The zero-order valence-corrected chi connectivity index (χ0v) is 14.8. The third-order valence-corrected chi connectivity index (χ3v) is 5.31. The van der Waals surface area contributed by atoms with Gasteiger partial charge in [-0.05, 0) is 50.4 Å². The van der Waals surface area contributed by atoms with Crippen LogP contribution < -0.4 is 10.1 Å². The standard InChI is InChI=1S/C20H30N2O2/c1-2-3-11-22-12-7-6-9-18(22)14-21-20(23)17-13-16-8-4-5-10-19(16)24-15-17/h4-5,8,10,17-18H,2-3,6-7,9,11-15H2,1H3,(H,21,23). The molecule has 1 N–H and O–H groups in total. The first-order valence-electron chi connectivity index (χ1n) is 9.50. The number of nitrogens with zero attached hydrogens (tertiary/aromatic N) is 1. The van der Waals surface area contributed by atoms with Gasteiger partial charge < -0.3 is 10.1 Å². The number of para-hydroxylation sites is 1. The summed E-state index contributed by atoms with van der Waals surface area (Å²) in [5.41, 5.74) is 1.14. The van der Waals surface area contributed by atoms with Crippen molar-refractivity contribution in [1.29, 1.82) is 0 Å². The number of rotatable bonds is 6. The number of ether oxygens (including phenoxy) is 1. The van der Waals surface area contributed by atoms with E-state index in [2.05, 4.69) is 23.2 Å². The Bertz CT molecular complexity index is 546. The molecule has 1 saturated heterocycles. The Morgan fingerprint density at radius 2 is 2.21 bits per heavy atom. The summed E-state index contributed by atoms with van der Waals surface area (Å²) in [6, 6.07) is 8.54. The third kappa shape index (κ3) is 4.29. The highest BCUT2D eigenvalue weighted by molar-refractivity contribution is 5.79. The summed E-state index contributed by atoms with van der Waals surface area (Å²) in [7, 11) is 0. The van der Waals surface area contributed by atoms with Gasteiger partial charge in [0, 0.05) is 12.6 Å². The molecule has 1 amide bonds. The summed E-state index contributed by atoms with van der Waals surface area (Å²) >= 11 is 0. The van der Waals surface area contributed by atoms with Crippen LogP contribution in [0.3, 0.4) is 0 Å². The number of benzene rings is 1. The first-order chi connectivity index (χ1) is 11.8. The average molecular weight is 330 g/mol. The van der Waals surface area contributed by atoms with E-state index in [1.807, 2.05) is 18.2 Å². The first-order valence-corrected chi connectivity index (χ1v) is 9.50. The van der Waals surface area contributed by atoms with Gasteiger partial charge in [-0.25, -0.2) is 0 Å². The summed E-state index contributed by atoms with van der Waals surface area (Å²) in [6.07, 6.45) is 7.04. The van der Waals surface area contributed by atoms with E-state index >= 15 is 0 Å². The van der Waals surface area contributed by atoms with Crippen LogP contribution in [-0.2, 0) is 11.2 Å². The minimum absolute atomic E-state index is 0.0624. The molecule has 2 heterocycles. The predicted octanol–water partition coefficient (Wildman–Crippen LogP) is 3.01. The Morgan fingerprint density at radius 3 is 3.08 bits per heavy atom. The molecular formula is C20H30N2O2. The highest BCUT2D eigenvalue weighted by atomic mass is 16.5. The minimum Gasteiger partial charge on any atom is -0.492 e. The second-order valence-electron chi connectivity index (χ2n) is 7.10. The predicted molar refractivity (Wildman–Crippen MR) is 96.3 cm³/mol. The number of piperidine rings is 1. The van der Waals surface area contributed by atoms with Crippen LogP contribution in [0.25, 0.3) is 0 Å². The normalized spacial score (nSPS) is 24.0. The number of likely N-dealkylation sites (tertiary alicyclic amines) is 1. The van der Waals surface area contributed by atoms with E-state index in [9.17, 15) is 4.79 Å². The fourth-order valence-corrected chi connectivity index (χ4v) is 3.81. The Kier molecular flexibility index (Phi) is 6.13. The minimum atomic E-state index is -0.0624. The van der Waals surface area contributed by atoms with E-state index in [4.69, 9.17) is 4.74 Å². The van der Waals surface area contributed by atoms with Gasteiger partial charge in [-0.2, -0.15) is 0 Å². The SMILES string of the molecule is CCCCN1CCCCC1CNC(=O)C1COc2ccccc2C1. The largest absolute Gasteiger partial charge is 0.492 e. The molecule has 1 aromatic carbocycles. The van der Waals surface area contributed by atoms with Crippen molar-refractivity contribution in [3.8, 4) is 5.75 Å². The van der Waals surface area contributed by atoms with Crippen LogP contribution in [0.1, 0.15) is 44.6 Å². The van der Waals surface area contributed by atoms with E-state index in [1.165, 1.54) is 38.6 Å². The third-order valence-electron chi connectivity index (χ3n) is 5.31. The van der Waals surface area contributed by atoms with Gasteiger partial charge >= 0.3 is 0 Å². The highest BCUT2D eigenvalue weighted by Gasteiger charge is 2.27. The maximum Gasteiger partial charge on any atom is 0.226 e. The van der Waals surface area contributed by atoms with Crippen molar-refractivity contribution in [3.63, 3.8) is 0 Å². The molecule has 0 spiro atoms. The molecule has 2 atom stereocenters. The average Bonchev–Trinajstić information content (AvgIpc) is 2.64.